The van der Waals surface area contributed by atoms with Crippen molar-refractivity contribution in [1.29, 1.82) is 0 Å². The summed E-state index contributed by atoms with van der Waals surface area (Å²) >= 11 is 0. The van der Waals surface area contributed by atoms with Crippen molar-refractivity contribution in [1.82, 2.24) is 10.3 Å². The van der Waals surface area contributed by atoms with Crippen molar-refractivity contribution < 1.29 is 9.47 Å². The highest BCUT2D eigenvalue weighted by atomic mass is 16.5. The van der Waals surface area contributed by atoms with Crippen molar-refractivity contribution in [2.45, 2.75) is 26.8 Å². The molecule has 0 spiro atoms. The van der Waals surface area contributed by atoms with Crippen LogP contribution in [0, 0.1) is 12.8 Å². The minimum Gasteiger partial charge on any atom is -0.493 e. The van der Waals surface area contributed by atoms with E-state index in [0.717, 1.165) is 56.3 Å². The zero-order valence-electron chi connectivity index (χ0n) is 11.2. The first kappa shape index (κ1) is 13.3. The largest absolute Gasteiger partial charge is 0.493 e. The smallest absolute Gasteiger partial charge is 0.127 e. The SMILES string of the molecule is CCNCc1cnc(C)cc1OCC1CCOC1. The van der Waals surface area contributed by atoms with E-state index in [-0.39, 0.29) is 0 Å². The van der Waals surface area contributed by atoms with Crippen molar-refractivity contribution in [2.75, 3.05) is 26.4 Å². The lowest BCUT2D eigenvalue weighted by Gasteiger charge is -2.14. The Morgan fingerprint density at radius 2 is 2.44 bits per heavy atom. The summed E-state index contributed by atoms with van der Waals surface area (Å²) in [5.41, 5.74) is 2.12. The summed E-state index contributed by atoms with van der Waals surface area (Å²) < 4.78 is 11.3. The van der Waals surface area contributed by atoms with Crippen LogP contribution in [0.2, 0.25) is 0 Å². The van der Waals surface area contributed by atoms with Crippen LogP contribution in [0.15, 0.2) is 12.3 Å². The van der Waals surface area contributed by atoms with Gasteiger partial charge in [0.2, 0.25) is 0 Å². The van der Waals surface area contributed by atoms with E-state index in [4.69, 9.17) is 9.47 Å². The molecule has 0 amide bonds. The number of aromatic nitrogens is 1. The summed E-state index contributed by atoms with van der Waals surface area (Å²) in [4.78, 5) is 4.33. The molecule has 1 fully saturated rings. The molecule has 0 radical (unpaired) electrons. The summed E-state index contributed by atoms with van der Waals surface area (Å²) in [6, 6.07) is 2.02. The maximum absolute atomic E-state index is 5.94. The van der Waals surface area contributed by atoms with E-state index in [1.165, 1.54) is 0 Å². The predicted molar refractivity (Wildman–Crippen MR) is 70.8 cm³/mol. The van der Waals surface area contributed by atoms with Gasteiger partial charge in [-0.05, 0) is 19.9 Å². The lowest BCUT2D eigenvalue weighted by atomic mass is 10.1. The summed E-state index contributed by atoms with van der Waals surface area (Å²) in [6.45, 7) is 8.27. The second-order valence-corrected chi connectivity index (χ2v) is 4.75. The van der Waals surface area contributed by atoms with E-state index in [9.17, 15) is 0 Å². The van der Waals surface area contributed by atoms with Crippen LogP contribution in [-0.4, -0.2) is 31.3 Å². The Morgan fingerprint density at radius 1 is 1.56 bits per heavy atom. The molecular formula is C14H22N2O2. The molecule has 1 aliphatic heterocycles. The van der Waals surface area contributed by atoms with Gasteiger partial charge < -0.3 is 14.8 Å². The molecule has 1 aromatic heterocycles. The Balaban J connectivity index is 1.97. The fourth-order valence-electron chi connectivity index (χ4n) is 2.01. The molecule has 2 rings (SSSR count). The number of ether oxygens (including phenoxy) is 2. The fraction of sp³-hybridized carbons (Fsp3) is 0.643. The molecule has 1 atom stereocenters. The van der Waals surface area contributed by atoms with E-state index in [1.807, 2.05) is 19.2 Å². The zero-order chi connectivity index (χ0) is 12.8. The van der Waals surface area contributed by atoms with Crippen LogP contribution in [-0.2, 0) is 11.3 Å². The molecule has 0 aliphatic carbocycles. The number of rotatable bonds is 6. The highest BCUT2D eigenvalue weighted by molar-refractivity contribution is 5.32. The van der Waals surface area contributed by atoms with Gasteiger partial charge in [0, 0.05) is 42.6 Å². The lowest BCUT2D eigenvalue weighted by molar-refractivity contribution is 0.166. The van der Waals surface area contributed by atoms with Gasteiger partial charge in [0.05, 0.1) is 13.2 Å². The molecule has 18 heavy (non-hydrogen) atoms. The molecule has 0 bridgehead atoms. The molecule has 0 aromatic carbocycles. The first-order valence-corrected chi connectivity index (χ1v) is 6.66. The maximum atomic E-state index is 5.94. The third-order valence-electron chi connectivity index (χ3n) is 3.14. The van der Waals surface area contributed by atoms with Crippen molar-refractivity contribution >= 4 is 0 Å². The minimum absolute atomic E-state index is 0.533. The molecule has 4 nitrogen and oxygen atoms in total. The lowest BCUT2D eigenvalue weighted by Crippen LogP contribution is -2.16. The molecule has 0 saturated carbocycles. The van der Waals surface area contributed by atoms with E-state index in [0.29, 0.717) is 5.92 Å². The Morgan fingerprint density at radius 3 is 3.17 bits per heavy atom. The number of nitrogens with one attached hydrogen (secondary N) is 1. The Labute approximate surface area is 109 Å². The molecule has 1 aliphatic rings. The number of hydrogen-bond acceptors (Lipinski definition) is 4. The summed E-state index contributed by atoms with van der Waals surface area (Å²) in [7, 11) is 0. The highest BCUT2D eigenvalue weighted by Crippen LogP contribution is 2.21. The second kappa shape index (κ2) is 6.71. The highest BCUT2D eigenvalue weighted by Gasteiger charge is 2.17. The monoisotopic (exact) mass is 250 g/mol. The average Bonchev–Trinajstić information content (AvgIpc) is 2.88. The molecule has 1 unspecified atom stereocenters. The van der Waals surface area contributed by atoms with Gasteiger partial charge in [0.1, 0.15) is 5.75 Å². The average molecular weight is 250 g/mol. The number of nitrogens with zero attached hydrogens (tertiary/aromatic N) is 1. The Bertz CT molecular complexity index is 376. The van der Waals surface area contributed by atoms with Gasteiger partial charge in [-0.3, -0.25) is 4.98 Å². The van der Waals surface area contributed by atoms with E-state index < -0.39 is 0 Å². The molecule has 4 heteroatoms. The van der Waals surface area contributed by atoms with E-state index in [1.54, 1.807) is 0 Å². The minimum atomic E-state index is 0.533. The summed E-state index contributed by atoms with van der Waals surface area (Å²) in [6.07, 6.45) is 3.01. The standard InChI is InChI=1S/C14H22N2O2/c1-3-15-7-13-8-16-11(2)6-14(13)18-10-12-4-5-17-9-12/h6,8,12,15H,3-5,7,9-10H2,1-2H3. The number of pyridine rings is 1. The molecule has 100 valence electrons. The topological polar surface area (TPSA) is 43.4 Å². The van der Waals surface area contributed by atoms with Crippen LogP contribution < -0.4 is 10.1 Å². The molecule has 1 N–H and O–H groups in total. The normalized spacial score (nSPS) is 19.1. The van der Waals surface area contributed by atoms with Gasteiger partial charge in [0.25, 0.3) is 0 Å². The predicted octanol–water partition coefficient (Wildman–Crippen LogP) is 1.91. The van der Waals surface area contributed by atoms with Gasteiger partial charge in [-0.2, -0.15) is 0 Å². The summed E-state index contributed by atoms with van der Waals surface area (Å²) in [5.74, 6) is 1.49. The van der Waals surface area contributed by atoms with E-state index in [2.05, 4.69) is 17.2 Å². The van der Waals surface area contributed by atoms with Crippen molar-refractivity contribution in [3.05, 3.63) is 23.5 Å². The number of aryl methyl sites for hydroxylation is 1. The van der Waals surface area contributed by atoms with Crippen LogP contribution in [0.25, 0.3) is 0 Å². The zero-order valence-corrected chi connectivity index (χ0v) is 11.2. The molecule has 1 aromatic rings. The molecule has 1 saturated heterocycles. The van der Waals surface area contributed by atoms with Crippen LogP contribution in [0.3, 0.4) is 0 Å². The van der Waals surface area contributed by atoms with Crippen LogP contribution in [0.4, 0.5) is 0 Å². The van der Waals surface area contributed by atoms with Crippen LogP contribution in [0.5, 0.6) is 5.75 Å². The van der Waals surface area contributed by atoms with Crippen molar-refractivity contribution in [3.8, 4) is 5.75 Å². The van der Waals surface area contributed by atoms with Crippen LogP contribution >= 0.6 is 0 Å². The van der Waals surface area contributed by atoms with Crippen molar-refractivity contribution in [3.63, 3.8) is 0 Å². The molecule has 2 heterocycles. The van der Waals surface area contributed by atoms with Gasteiger partial charge >= 0.3 is 0 Å². The Hall–Kier alpha value is -1.13. The third-order valence-corrected chi connectivity index (χ3v) is 3.14. The quantitative estimate of drug-likeness (QED) is 0.837. The first-order valence-electron chi connectivity index (χ1n) is 6.66. The van der Waals surface area contributed by atoms with Gasteiger partial charge in [0.15, 0.2) is 0 Å². The fourth-order valence-corrected chi connectivity index (χ4v) is 2.01. The van der Waals surface area contributed by atoms with Gasteiger partial charge in [-0.1, -0.05) is 6.92 Å². The van der Waals surface area contributed by atoms with Gasteiger partial charge in [-0.15, -0.1) is 0 Å². The van der Waals surface area contributed by atoms with Gasteiger partial charge in [-0.25, -0.2) is 0 Å². The second-order valence-electron chi connectivity index (χ2n) is 4.75. The van der Waals surface area contributed by atoms with Crippen LogP contribution in [0.1, 0.15) is 24.6 Å². The first-order chi connectivity index (χ1) is 8.79. The number of hydrogen-bond donors (Lipinski definition) is 1. The van der Waals surface area contributed by atoms with E-state index >= 15 is 0 Å². The Kier molecular flexibility index (Phi) is 4.96. The maximum Gasteiger partial charge on any atom is 0.127 e. The molecular weight excluding hydrogens is 228 g/mol. The van der Waals surface area contributed by atoms with Crippen molar-refractivity contribution in [2.24, 2.45) is 5.92 Å². The summed E-state index contributed by atoms with van der Waals surface area (Å²) in [5, 5.41) is 3.31. The third kappa shape index (κ3) is 3.68.